The minimum atomic E-state index is -0.154. The minimum Gasteiger partial charge on any atom is -0.380 e. The molecule has 0 spiro atoms. The normalized spacial score (nSPS) is 25.1. The van der Waals surface area contributed by atoms with Gasteiger partial charge in [-0.05, 0) is 20.3 Å². The number of aromatic nitrogens is 1. The molecule has 0 radical (unpaired) electrons. The van der Waals surface area contributed by atoms with E-state index in [0.29, 0.717) is 0 Å². The van der Waals surface area contributed by atoms with E-state index in [0.717, 1.165) is 22.9 Å². The van der Waals surface area contributed by atoms with Gasteiger partial charge < -0.3 is 15.4 Å². The highest BCUT2D eigenvalue weighted by atomic mass is 32.1. The van der Waals surface area contributed by atoms with Crippen LogP contribution in [0.15, 0.2) is 6.20 Å². The molecule has 3 unspecified atom stereocenters. The Kier molecular flexibility index (Phi) is 4.31. The molecule has 100 valence electrons. The number of nitrogens with zero attached hydrogens (tertiary/aromatic N) is 1. The number of rotatable bonds is 4. The molecule has 1 saturated heterocycles. The smallest absolute Gasteiger partial charge is 0.237 e. The zero-order valence-corrected chi connectivity index (χ0v) is 11.7. The summed E-state index contributed by atoms with van der Waals surface area (Å²) in [6.07, 6.45) is 2.70. The van der Waals surface area contributed by atoms with E-state index in [9.17, 15) is 4.79 Å². The summed E-state index contributed by atoms with van der Waals surface area (Å²) in [5.41, 5.74) is 0. The van der Waals surface area contributed by atoms with Crippen molar-refractivity contribution in [2.45, 2.75) is 38.5 Å². The summed E-state index contributed by atoms with van der Waals surface area (Å²) >= 11 is 1.61. The molecule has 5 nitrogen and oxygen atoms in total. The van der Waals surface area contributed by atoms with Crippen molar-refractivity contribution < 1.29 is 9.53 Å². The second-order valence-corrected chi connectivity index (χ2v) is 5.86. The summed E-state index contributed by atoms with van der Waals surface area (Å²) in [6.45, 7) is 4.70. The van der Waals surface area contributed by atoms with Crippen LogP contribution in [0.3, 0.4) is 0 Å². The van der Waals surface area contributed by atoms with Crippen molar-refractivity contribution in [2.24, 2.45) is 0 Å². The maximum absolute atomic E-state index is 12.0. The first-order chi connectivity index (χ1) is 8.60. The number of nitrogens with one attached hydrogen (secondary N) is 2. The molecule has 1 aromatic heterocycles. The van der Waals surface area contributed by atoms with Gasteiger partial charge in [-0.2, -0.15) is 0 Å². The summed E-state index contributed by atoms with van der Waals surface area (Å²) in [7, 11) is 1.67. The number of methoxy groups -OCH3 is 1. The van der Waals surface area contributed by atoms with Gasteiger partial charge in [-0.1, -0.05) is 0 Å². The second-order valence-electron chi connectivity index (χ2n) is 4.59. The van der Waals surface area contributed by atoms with Crippen molar-refractivity contribution in [1.82, 2.24) is 15.6 Å². The van der Waals surface area contributed by atoms with Gasteiger partial charge in [0, 0.05) is 24.7 Å². The summed E-state index contributed by atoms with van der Waals surface area (Å²) in [6, 6.07) is -0.196. The van der Waals surface area contributed by atoms with Crippen LogP contribution >= 0.6 is 11.3 Å². The summed E-state index contributed by atoms with van der Waals surface area (Å²) < 4.78 is 5.23. The number of ether oxygens (including phenoxy) is 1. The highest BCUT2D eigenvalue weighted by molar-refractivity contribution is 7.11. The Hall–Kier alpha value is -0.980. The average Bonchev–Trinajstić information content (AvgIpc) is 2.97. The molecule has 1 aliphatic rings. The molecular formula is C12H19N3O2S. The number of aryl methyl sites for hydroxylation is 1. The molecular weight excluding hydrogens is 250 g/mol. The Morgan fingerprint density at radius 3 is 3.06 bits per heavy atom. The predicted octanol–water partition coefficient (Wildman–Crippen LogP) is 1.01. The third-order valence-electron chi connectivity index (χ3n) is 3.11. The summed E-state index contributed by atoms with van der Waals surface area (Å²) in [4.78, 5) is 17.5. The second kappa shape index (κ2) is 5.77. The lowest BCUT2D eigenvalue weighted by Gasteiger charge is -2.15. The van der Waals surface area contributed by atoms with Crippen molar-refractivity contribution in [2.75, 3.05) is 13.7 Å². The molecule has 1 aromatic rings. The van der Waals surface area contributed by atoms with Crippen LogP contribution in [0.25, 0.3) is 0 Å². The van der Waals surface area contributed by atoms with E-state index in [1.807, 2.05) is 20.0 Å². The average molecular weight is 269 g/mol. The Bertz CT molecular complexity index is 421. The molecule has 1 aliphatic heterocycles. The van der Waals surface area contributed by atoms with E-state index in [2.05, 4.69) is 15.6 Å². The highest BCUT2D eigenvalue weighted by Gasteiger charge is 2.30. The lowest BCUT2D eigenvalue weighted by molar-refractivity contribution is -0.123. The van der Waals surface area contributed by atoms with E-state index in [1.165, 1.54) is 0 Å². The monoisotopic (exact) mass is 269 g/mol. The predicted molar refractivity (Wildman–Crippen MR) is 70.6 cm³/mol. The quantitative estimate of drug-likeness (QED) is 0.856. The molecule has 1 fully saturated rings. The third-order valence-corrected chi connectivity index (χ3v) is 4.20. The molecule has 2 rings (SSSR count). The van der Waals surface area contributed by atoms with Crippen LogP contribution < -0.4 is 10.6 Å². The van der Waals surface area contributed by atoms with E-state index < -0.39 is 0 Å². The van der Waals surface area contributed by atoms with Crippen LogP contribution in [0.4, 0.5) is 0 Å². The van der Waals surface area contributed by atoms with E-state index in [1.54, 1.807) is 18.4 Å². The molecule has 0 aromatic carbocycles. The highest BCUT2D eigenvalue weighted by Crippen LogP contribution is 2.19. The van der Waals surface area contributed by atoms with Gasteiger partial charge in [0.25, 0.3) is 0 Å². The Balaban J connectivity index is 1.88. The van der Waals surface area contributed by atoms with Gasteiger partial charge in [0.2, 0.25) is 5.91 Å². The van der Waals surface area contributed by atoms with Gasteiger partial charge in [0.05, 0.1) is 18.2 Å². The van der Waals surface area contributed by atoms with Crippen LogP contribution in [0.2, 0.25) is 0 Å². The molecule has 2 N–H and O–H groups in total. The molecule has 2 heterocycles. The van der Waals surface area contributed by atoms with Crippen molar-refractivity contribution in [1.29, 1.82) is 0 Å². The minimum absolute atomic E-state index is 0.0231. The first-order valence-electron chi connectivity index (χ1n) is 6.09. The van der Waals surface area contributed by atoms with Gasteiger partial charge in [-0.25, -0.2) is 4.98 Å². The van der Waals surface area contributed by atoms with Crippen molar-refractivity contribution in [3.8, 4) is 0 Å². The number of thiazole rings is 1. The number of carbonyl (C=O) groups excluding carboxylic acids is 1. The van der Waals surface area contributed by atoms with Crippen LogP contribution in [-0.2, 0) is 9.53 Å². The van der Waals surface area contributed by atoms with E-state index in [4.69, 9.17) is 4.74 Å². The Labute approximate surface area is 111 Å². The van der Waals surface area contributed by atoms with Gasteiger partial charge in [0.15, 0.2) is 0 Å². The molecule has 6 heteroatoms. The Morgan fingerprint density at radius 1 is 1.72 bits per heavy atom. The lowest BCUT2D eigenvalue weighted by Crippen LogP contribution is -2.41. The number of carbonyl (C=O) groups is 1. The van der Waals surface area contributed by atoms with Crippen LogP contribution in [0.1, 0.15) is 29.3 Å². The summed E-state index contributed by atoms with van der Waals surface area (Å²) in [5, 5.41) is 7.10. The molecule has 0 saturated carbocycles. The topological polar surface area (TPSA) is 63.2 Å². The molecule has 0 aliphatic carbocycles. The number of hydrogen-bond acceptors (Lipinski definition) is 5. The maximum Gasteiger partial charge on any atom is 0.237 e. The molecule has 3 atom stereocenters. The fraction of sp³-hybridized carbons (Fsp3) is 0.667. The SMILES string of the molecule is COC1CNC(C(=O)NC(C)c2ncc(C)s2)C1. The fourth-order valence-corrected chi connectivity index (χ4v) is 2.81. The van der Waals surface area contributed by atoms with Gasteiger partial charge in [0.1, 0.15) is 5.01 Å². The fourth-order valence-electron chi connectivity index (χ4n) is 2.03. The maximum atomic E-state index is 12.0. The zero-order chi connectivity index (χ0) is 13.1. The summed E-state index contributed by atoms with van der Waals surface area (Å²) in [5.74, 6) is 0.0231. The molecule has 1 amide bonds. The molecule has 0 bridgehead atoms. The van der Waals surface area contributed by atoms with E-state index in [-0.39, 0.29) is 24.1 Å². The Morgan fingerprint density at radius 2 is 2.50 bits per heavy atom. The van der Waals surface area contributed by atoms with Crippen molar-refractivity contribution in [3.05, 3.63) is 16.1 Å². The number of hydrogen-bond donors (Lipinski definition) is 2. The largest absolute Gasteiger partial charge is 0.380 e. The first kappa shape index (κ1) is 13.5. The van der Waals surface area contributed by atoms with Gasteiger partial charge in [-0.3, -0.25) is 4.79 Å². The first-order valence-corrected chi connectivity index (χ1v) is 6.90. The van der Waals surface area contributed by atoms with Crippen molar-refractivity contribution in [3.63, 3.8) is 0 Å². The number of amides is 1. The van der Waals surface area contributed by atoms with Crippen molar-refractivity contribution >= 4 is 17.2 Å². The van der Waals surface area contributed by atoms with Crippen LogP contribution in [0, 0.1) is 6.92 Å². The molecule has 18 heavy (non-hydrogen) atoms. The third kappa shape index (κ3) is 3.07. The standard InChI is InChI=1S/C12H19N3O2S/c1-7-5-14-12(18-7)8(2)15-11(16)10-4-9(17-3)6-13-10/h5,8-10,13H,4,6H2,1-3H3,(H,15,16). The van der Waals surface area contributed by atoms with Crippen LogP contribution in [0.5, 0.6) is 0 Å². The lowest BCUT2D eigenvalue weighted by atomic mass is 10.2. The van der Waals surface area contributed by atoms with Gasteiger partial charge in [-0.15, -0.1) is 11.3 Å². The van der Waals surface area contributed by atoms with Crippen LogP contribution in [-0.4, -0.2) is 36.7 Å². The van der Waals surface area contributed by atoms with E-state index >= 15 is 0 Å². The van der Waals surface area contributed by atoms with Gasteiger partial charge >= 0.3 is 0 Å². The zero-order valence-electron chi connectivity index (χ0n) is 10.9.